The summed E-state index contributed by atoms with van der Waals surface area (Å²) in [5.41, 5.74) is -1.63. The molecule has 0 atom stereocenters. The number of ether oxygens (including phenoxy) is 2. The molecule has 0 heterocycles. The Balaban J connectivity index is 4.28. The summed E-state index contributed by atoms with van der Waals surface area (Å²) >= 11 is 0. The van der Waals surface area contributed by atoms with E-state index in [1.54, 1.807) is 27.7 Å². The first-order chi connectivity index (χ1) is 9.47. The van der Waals surface area contributed by atoms with Crippen molar-refractivity contribution >= 4 is 17.9 Å². The number of hydrogen-bond donors (Lipinski definition) is 1. The molecule has 0 unspecified atom stereocenters. The van der Waals surface area contributed by atoms with Gasteiger partial charge in [0.1, 0.15) is 11.2 Å². The first-order valence-electron chi connectivity index (χ1n) is 6.76. The SMILES string of the molecule is C=CC(=O)OC(C)(C)CCC(=O)OC(C)(C)CCC(=O)O. The zero-order valence-corrected chi connectivity index (χ0v) is 13.1. The van der Waals surface area contributed by atoms with Crippen molar-refractivity contribution < 1.29 is 29.0 Å². The Bertz CT molecular complexity index is 408. The van der Waals surface area contributed by atoms with Crippen molar-refractivity contribution in [3.05, 3.63) is 12.7 Å². The third-order valence-electron chi connectivity index (χ3n) is 2.81. The van der Waals surface area contributed by atoms with E-state index in [0.717, 1.165) is 6.08 Å². The molecule has 0 bridgehead atoms. The summed E-state index contributed by atoms with van der Waals surface area (Å²) in [5.74, 6) is -1.93. The van der Waals surface area contributed by atoms with E-state index >= 15 is 0 Å². The molecule has 0 saturated heterocycles. The molecule has 0 fully saturated rings. The average Bonchev–Trinajstić information content (AvgIpc) is 2.33. The molecule has 1 N–H and O–H groups in total. The zero-order valence-electron chi connectivity index (χ0n) is 13.1. The molecule has 0 amide bonds. The Morgan fingerprint density at radius 1 is 1.00 bits per heavy atom. The number of carboxylic acids is 1. The van der Waals surface area contributed by atoms with Gasteiger partial charge in [0.05, 0.1) is 0 Å². The zero-order chi connectivity index (χ0) is 16.7. The minimum atomic E-state index is -0.934. The van der Waals surface area contributed by atoms with Crippen molar-refractivity contribution in [2.24, 2.45) is 0 Å². The second kappa shape index (κ2) is 7.81. The number of carbonyl (C=O) groups is 3. The van der Waals surface area contributed by atoms with Gasteiger partial charge in [0, 0.05) is 18.9 Å². The molecule has 0 aliphatic carbocycles. The van der Waals surface area contributed by atoms with E-state index in [2.05, 4.69) is 6.58 Å². The topological polar surface area (TPSA) is 89.9 Å². The molecule has 0 radical (unpaired) electrons. The van der Waals surface area contributed by atoms with Gasteiger partial charge < -0.3 is 14.6 Å². The number of esters is 2. The first kappa shape index (κ1) is 19.1. The van der Waals surface area contributed by atoms with Gasteiger partial charge in [0.15, 0.2) is 0 Å². The van der Waals surface area contributed by atoms with Gasteiger partial charge in [0.2, 0.25) is 0 Å². The summed E-state index contributed by atoms with van der Waals surface area (Å²) in [6, 6.07) is 0. The molecular formula is C15H24O6. The summed E-state index contributed by atoms with van der Waals surface area (Å²) in [4.78, 5) is 33.4. The summed E-state index contributed by atoms with van der Waals surface area (Å²) in [7, 11) is 0. The fourth-order valence-electron chi connectivity index (χ4n) is 1.59. The number of carboxylic acid groups (broad SMARTS) is 1. The maximum atomic E-state index is 11.8. The van der Waals surface area contributed by atoms with Crippen molar-refractivity contribution in [2.45, 2.75) is 64.6 Å². The Kier molecular flexibility index (Phi) is 7.12. The Morgan fingerprint density at radius 2 is 1.48 bits per heavy atom. The highest BCUT2D eigenvalue weighted by molar-refractivity contribution is 5.81. The van der Waals surface area contributed by atoms with Gasteiger partial charge in [-0.15, -0.1) is 0 Å². The summed E-state index contributed by atoms with van der Waals surface area (Å²) < 4.78 is 10.4. The summed E-state index contributed by atoms with van der Waals surface area (Å²) in [6.45, 7) is 10.0. The number of rotatable bonds is 9. The molecule has 0 spiro atoms. The smallest absolute Gasteiger partial charge is 0.330 e. The van der Waals surface area contributed by atoms with Crippen LogP contribution in [-0.4, -0.2) is 34.2 Å². The molecule has 0 rings (SSSR count). The van der Waals surface area contributed by atoms with Gasteiger partial charge in [-0.2, -0.15) is 0 Å². The van der Waals surface area contributed by atoms with E-state index in [-0.39, 0.29) is 19.3 Å². The van der Waals surface area contributed by atoms with Crippen molar-refractivity contribution in [3.8, 4) is 0 Å². The van der Waals surface area contributed by atoms with Crippen LogP contribution in [0, 0.1) is 0 Å². The molecule has 0 saturated carbocycles. The highest BCUT2D eigenvalue weighted by Gasteiger charge is 2.27. The van der Waals surface area contributed by atoms with Crippen molar-refractivity contribution in [1.29, 1.82) is 0 Å². The maximum Gasteiger partial charge on any atom is 0.330 e. The van der Waals surface area contributed by atoms with Gasteiger partial charge in [-0.25, -0.2) is 4.79 Å². The van der Waals surface area contributed by atoms with E-state index in [9.17, 15) is 14.4 Å². The quantitative estimate of drug-likeness (QED) is 0.519. The normalized spacial score (nSPS) is 11.6. The standard InChI is InChI=1S/C15H24O6/c1-6-12(18)20-15(4,5)10-8-13(19)21-14(2,3)9-7-11(16)17/h6H,1,7-10H2,2-5H3,(H,16,17). The molecule has 0 aromatic heterocycles. The second-order valence-corrected chi connectivity index (χ2v) is 6.01. The van der Waals surface area contributed by atoms with Crippen molar-refractivity contribution in [2.75, 3.05) is 0 Å². The van der Waals surface area contributed by atoms with Gasteiger partial charge >= 0.3 is 17.9 Å². The van der Waals surface area contributed by atoms with E-state index in [0.29, 0.717) is 6.42 Å². The van der Waals surface area contributed by atoms with Crippen LogP contribution in [0.1, 0.15) is 53.4 Å². The minimum absolute atomic E-state index is 0.0667. The van der Waals surface area contributed by atoms with E-state index in [1.165, 1.54) is 0 Å². The van der Waals surface area contributed by atoms with Gasteiger partial charge in [0.25, 0.3) is 0 Å². The van der Waals surface area contributed by atoms with Crippen LogP contribution in [0.15, 0.2) is 12.7 Å². The number of aliphatic carboxylic acids is 1. The summed E-state index contributed by atoms with van der Waals surface area (Å²) in [6.07, 6.45) is 1.62. The lowest BCUT2D eigenvalue weighted by molar-refractivity contribution is -0.162. The van der Waals surface area contributed by atoms with Gasteiger partial charge in [-0.05, 0) is 40.5 Å². The second-order valence-electron chi connectivity index (χ2n) is 6.01. The van der Waals surface area contributed by atoms with Gasteiger partial charge in [-0.3, -0.25) is 9.59 Å². The van der Waals surface area contributed by atoms with Gasteiger partial charge in [-0.1, -0.05) is 6.58 Å². The number of carbonyl (C=O) groups excluding carboxylic acids is 2. The third kappa shape index (κ3) is 9.65. The predicted octanol–water partition coefficient (Wildman–Crippen LogP) is 2.46. The highest BCUT2D eigenvalue weighted by Crippen LogP contribution is 2.21. The van der Waals surface area contributed by atoms with Crippen molar-refractivity contribution in [1.82, 2.24) is 0 Å². The fourth-order valence-corrected chi connectivity index (χ4v) is 1.59. The molecule has 120 valence electrons. The van der Waals surface area contributed by atoms with Crippen LogP contribution in [0.5, 0.6) is 0 Å². The molecule has 6 heteroatoms. The monoisotopic (exact) mass is 300 g/mol. The van der Waals surface area contributed by atoms with E-state index in [1.807, 2.05) is 0 Å². The van der Waals surface area contributed by atoms with Crippen LogP contribution >= 0.6 is 0 Å². The molecule has 0 aliphatic heterocycles. The molecular weight excluding hydrogens is 276 g/mol. The lowest BCUT2D eigenvalue weighted by Crippen LogP contribution is -2.32. The Hall–Kier alpha value is -1.85. The summed E-state index contributed by atoms with van der Waals surface area (Å²) in [5, 5.41) is 8.63. The van der Waals surface area contributed by atoms with Crippen LogP contribution in [0.25, 0.3) is 0 Å². The molecule has 0 aromatic carbocycles. The van der Waals surface area contributed by atoms with Crippen LogP contribution in [0.3, 0.4) is 0 Å². The fraction of sp³-hybridized carbons (Fsp3) is 0.667. The lowest BCUT2D eigenvalue weighted by Gasteiger charge is -2.27. The van der Waals surface area contributed by atoms with E-state index in [4.69, 9.17) is 14.6 Å². The molecule has 0 aromatic rings. The average molecular weight is 300 g/mol. The number of hydrogen-bond acceptors (Lipinski definition) is 5. The lowest BCUT2D eigenvalue weighted by atomic mass is 10.0. The minimum Gasteiger partial charge on any atom is -0.481 e. The van der Waals surface area contributed by atoms with Crippen LogP contribution < -0.4 is 0 Å². The van der Waals surface area contributed by atoms with Crippen LogP contribution in [-0.2, 0) is 23.9 Å². The van der Waals surface area contributed by atoms with Crippen LogP contribution in [0.2, 0.25) is 0 Å². The van der Waals surface area contributed by atoms with E-state index < -0.39 is 29.1 Å². The van der Waals surface area contributed by atoms with Crippen LogP contribution in [0.4, 0.5) is 0 Å². The molecule has 6 nitrogen and oxygen atoms in total. The third-order valence-corrected chi connectivity index (χ3v) is 2.81. The Labute approximate surface area is 125 Å². The molecule has 21 heavy (non-hydrogen) atoms. The Morgan fingerprint density at radius 3 is 1.95 bits per heavy atom. The largest absolute Gasteiger partial charge is 0.481 e. The predicted molar refractivity (Wildman–Crippen MR) is 76.6 cm³/mol. The van der Waals surface area contributed by atoms with Crippen molar-refractivity contribution in [3.63, 3.8) is 0 Å². The molecule has 0 aliphatic rings. The maximum absolute atomic E-state index is 11.8. The first-order valence-corrected chi connectivity index (χ1v) is 6.76. The highest BCUT2D eigenvalue weighted by atomic mass is 16.6.